The number of hydrogen-bond donors (Lipinski definition) is 2. The lowest BCUT2D eigenvalue weighted by Gasteiger charge is -2.27. The lowest BCUT2D eigenvalue weighted by Crippen LogP contribution is -2.52. The number of benzene rings is 1. The Morgan fingerprint density at radius 1 is 1.45 bits per heavy atom. The number of hydrogen-bond acceptors (Lipinski definition) is 3. The molecule has 0 saturated carbocycles. The van der Waals surface area contributed by atoms with E-state index >= 15 is 0 Å². The van der Waals surface area contributed by atoms with Crippen LogP contribution in [-0.2, 0) is 11.2 Å². The van der Waals surface area contributed by atoms with Gasteiger partial charge in [-0.05, 0) is 38.3 Å². The molecule has 3 N–H and O–H groups in total. The summed E-state index contributed by atoms with van der Waals surface area (Å²) in [7, 11) is 0. The summed E-state index contributed by atoms with van der Waals surface area (Å²) in [5, 5.41) is 2.98. The number of amides is 1. The topological polar surface area (TPSA) is 58.4 Å². The van der Waals surface area contributed by atoms with Gasteiger partial charge in [-0.3, -0.25) is 4.79 Å². The predicted molar refractivity (Wildman–Crippen MR) is 94.7 cm³/mol. The Hall–Kier alpha value is -1.26. The van der Waals surface area contributed by atoms with E-state index in [1.165, 1.54) is 11.3 Å². The quantitative estimate of drug-likeness (QED) is 0.845. The molecule has 0 spiro atoms. The molecule has 0 bridgehead atoms. The molecule has 2 unspecified atom stereocenters. The Morgan fingerprint density at radius 3 is 2.82 bits per heavy atom. The fourth-order valence-corrected chi connectivity index (χ4v) is 3.10. The van der Waals surface area contributed by atoms with Crippen LogP contribution < -0.4 is 16.0 Å². The maximum atomic E-state index is 12.1. The van der Waals surface area contributed by atoms with Gasteiger partial charge in [0, 0.05) is 24.8 Å². The fraction of sp³-hybridized carbons (Fsp3) is 0.588. The minimum absolute atomic E-state index is 0. The second-order valence-electron chi connectivity index (χ2n) is 6.30. The fourth-order valence-electron chi connectivity index (χ4n) is 3.10. The summed E-state index contributed by atoms with van der Waals surface area (Å²) in [5.41, 5.74) is 7.97. The van der Waals surface area contributed by atoms with Crippen molar-refractivity contribution in [2.75, 3.05) is 18.0 Å². The minimum atomic E-state index is -0.761. The third-order valence-corrected chi connectivity index (χ3v) is 4.27. The number of halogens is 1. The first-order chi connectivity index (χ1) is 9.95. The zero-order valence-electron chi connectivity index (χ0n) is 13.8. The van der Waals surface area contributed by atoms with E-state index < -0.39 is 5.54 Å². The van der Waals surface area contributed by atoms with E-state index in [9.17, 15) is 4.79 Å². The minimum Gasteiger partial charge on any atom is -0.367 e. The van der Waals surface area contributed by atoms with Crippen molar-refractivity contribution in [3.05, 3.63) is 29.8 Å². The zero-order chi connectivity index (χ0) is 15.5. The molecule has 5 heteroatoms. The van der Waals surface area contributed by atoms with Crippen molar-refractivity contribution in [1.29, 1.82) is 0 Å². The third kappa shape index (κ3) is 4.14. The van der Waals surface area contributed by atoms with Crippen molar-refractivity contribution in [2.24, 2.45) is 5.73 Å². The SMILES string of the molecule is CCCC(C)(N)C(=O)NCCN1c2ccccc2CC1C.Cl. The van der Waals surface area contributed by atoms with Crippen LogP contribution in [0.15, 0.2) is 24.3 Å². The molecule has 1 heterocycles. The van der Waals surface area contributed by atoms with Gasteiger partial charge in [0.05, 0.1) is 5.54 Å². The third-order valence-electron chi connectivity index (χ3n) is 4.27. The van der Waals surface area contributed by atoms with Crippen molar-refractivity contribution >= 4 is 24.0 Å². The number of para-hydroxylation sites is 1. The lowest BCUT2D eigenvalue weighted by atomic mass is 9.96. The summed E-state index contributed by atoms with van der Waals surface area (Å²) in [4.78, 5) is 14.5. The largest absolute Gasteiger partial charge is 0.367 e. The molecule has 2 atom stereocenters. The first-order valence-corrected chi connectivity index (χ1v) is 7.87. The van der Waals surface area contributed by atoms with Crippen LogP contribution in [-0.4, -0.2) is 30.6 Å². The van der Waals surface area contributed by atoms with E-state index in [2.05, 4.69) is 41.4 Å². The Kier molecular flexibility index (Phi) is 6.69. The molecule has 1 aromatic rings. The van der Waals surface area contributed by atoms with E-state index in [0.29, 0.717) is 19.0 Å². The lowest BCUT2D eigenvalue weighted by molar-refractivity contribution is -0.125. The number of fused-ring (bicyclic) bond motifs is 1. The van der Waals surface area contributed by atoms with E-state index in [0.717, 1.165) is 19.4 Å². The maximum absolute atomic E-state index is 12.1. The average Bonchev–Trinajstić information content (AvgIpc) is 2.75. The number of carbonyl (C=O) groups is 1. The molecule has 2 rings (SSSR count). The first-order valence-electron chi connectivity index (χ1n) is 7.87. The van der Waals surface area contributed by atoms with Gasteiger partial charge in [0.15, 0.2) is 0 Å². The molecule has 4 nitrogen and oxygen atoms in total. The number of carbonyl (C=O) groups excluding carboxylic acids is 1. The number of nitrogens with one attached hydrogen (secondary N) is 1. The highest BCUT2D eigenvalue weighted by atomic mass is 35.5. The summed E-state index contributed by atoms with van der Waals surface area (Å²) < 4.78 is 0. The summed E-state index contributed by atoms with van der Waals surface area (Å²) in [5.74, 6) is -0.0514. The van der Waals surface area contributed by atoms with Gasteiger partial charge in [-0.1, -0.05) is 31.5 Å². The van der Waals surface area contributed by atoms with Crippen molar-refractivity contribution < 1.29 is 4.79 Å². The number of rotatable bonds is 6. The second kappa shape index (κ2) is 7.84. The summed E-state index contributed by atoms with van der Waals surface area (Å²) >= 11 is 0. The van der Waals surface area contributed by atoms with Crippen LogP contribution in [0.2, 0.25) is 0 Å². The highest BCUT2D eigenvalue weighted by Crippen LogP contribution is 2.31. The zero-order valence-corrected chi connectivity index (χ0v) is 14.6. The molecule has 0 fully saturated rings. The average molecular weight is 326 g/mol. The van der Waals surface area contributed by atoms with E-state index in [-0.39, 0.29) is 18.3 Å². The van der Waals surface area contributed by atoms with Gasteiger partial charge in [-0.25, -0.2) is 0 Å². The van der Waals surface area contributed by atoms with E-state index in [4.69, 9.17) is 5.73 Å². The van der Waals surface area contributed by atoms with Gasteiger partial charge in [-0.15, -0.1) is 12.4 Å². The van der Waals surface area contributed by atoms with Crippen LogP contribution in [0.25, 0.3) is 0 Å². The maximum Gasteiger partial charge on any atom is 0.239 e. The number of nitrogens with two attached hydrogens (primary N) is 1. The van der Waals surface area contributed by atoms with Crippen LogP contribution in [0.1, 0.15) is 39.2 Å². The van der Waals surface area contributed by atoms with Gasteiger partial charge < -0.3 is 16.0 Å². The number of nitrogens with zero attached hydrogens (tertiary/aromatic N) is 1. The van der Waals surface area contributed by atoms with Gasteiger partial charge >= 0.3 is 0 Å². The van der Waals surface area contributed by atoms with E-state index in [1.54, 1.807) is 6.92 Å². The van der Waals surface area contributed by atoms with Gasteiger partial charge in [0.1, 0.15) is 0 Å². The van der Waals surface area contributed by atoms with Crippen molar-refractivity contribution in [3.8, 4) is 0 Å². The van der Waals surface area contributed by atoms with Gasteiger partial charge in [-0.2, -0.15) is 0 Å². The molecule has 1 aromatic carbocycles. The molecule has 1 aliphatic heterocycles. The summed E-state index contributed by atoms with van der Waals surface area (Å²) in [6, 6.07) is 8.98. The molecular weight excluding hydrogens is 298 g/mol. The first kappa shape index (κ1) is 18.8. The van der Waals surface area contributed by atoms with Crippen LogP contribution in [0.5, 0.6) is 0 Å². The van der Waals surface area contributed by atoms with Crippen molar-refractivity contribution in [2.45, 2.75) is 51.6 Å². The number of anilines is 1. The molecule has 1 aliphatic rings. The highest BCUT2D eigenvalue weighted by Gasteiger charge is 2.28. The second-order valence-corrected chi connectivity index (χ2v) is 6.30. The Bertz CT molecular complexity index is 504. The predicted octanol–water partition coefficient (Wildman–Crippen LogP) is 2.49. The standard InChI is InChI=1S/C17H27N3O.ClH/c1-4-9-17(3,18)16(21)19-10-11-20-13(2)12-14-7-5-6-8-15(14)20;/h5-8,13H,4,9-12,18H2,1-3H3,(H,19,21);1H. The molecular formula is C17H28ClN3O. The van der Waals surface area contributed by atoms with Crippen LogP contribution in [0, 0.1) is 0 Å². The smallest absolute Gasteiger partial charge is 0.239 e. The Morgan fingerprint density at radius 2 is 2.14 bits per heavy atom. The van der Waals surface area contributed by atoms with Gasteiger partial charge in [0.2, 0.25) is 5.91 Å². The Balaban J connectivity index is 0.00000242. The molecule has 1 amide bonds. The monoisotopic (exact) mass is 325 g/mol. The Labute approximate surface area is 139 Å². The van der Waals surface area contributed by atoms with Crippen molar-refractivity contribution in [3.63, 3.8) is 0 Å². The molecule has 0 aliphatic carbocycles. The normalized spacial score (nSPS) is 19.1. The summed E-state index contributed by atoms with van der Waals surface area (Å²) in [6.07, 6.45) is 2.70. The molecule has 0 radical (unpaired) electrons. The molecule has 0 aromatic heterocycles. The van der Waals surface area contributed by atoms with E-state index in [1.807, 2.05) is 6.92 Å². The highest BCUT2D eigenvalue weighted by molar-refractivity contribution is 5.85. The molecule has 22 heavy (non-hydrogen) atoms. The van der Waals surface area contributed by atoms with Crippen LogP contribution in [0.4, 0.5) is 5.69 Å². The van der Waals surface area contributed by atoms with Crippen LogP contribution in [0.3, 0.4) is 0 Å². The molecule has 124 valence electrons. The van der Waals surface area contributed by atoms with Crippen LogP contribution >= 0.6 is 12.4 Å². The summed E-state index contributed by atoms with van der Waals surface area (Å²) in [6.45, 7) is 7.53. The van der Waals surface area contributed by atoms with Gasteiger partial charge in [0.25, 0.3) is 0 Å². The van der Waals surface area contributed by atoms with Crippen molar-refractivity contribution in [1.82, 2.24) is 5.32 Å². The molecule has 0 saturated heterocycles.